The van der Waals surface area contributed by atoms with Crippen LogP contribution in [0.5, 0.6) is 11.5 Å². The third-order valence-electron chi connectivity index (χ3n) is 3.04. The summed E-state index contributed by atoms with van der Waals surface area (Å²) in [6.45, 7) is 0. The van der Waals surface area contributed by atoms with E-state index in [2.05, 4.69) is 0 Å². The van der Waals surface area contributed by atoms with E-state index in [1.54, 1.807) is 38.5 Å². The van der Waals surface area contributed by atoms with Crippen LogP contribution >= 0.6 is 23.2 Å². The quantitative estimate of drug-likeness (QED) is 0.926. The third-order valence-corrected chi connectivity index (χ3v) is 3.70. The highest BCUT2D eigenvalue weighted by molar-refractivity contribution is 6.36. The van der Waals surface area contributed by atoms with Crippen molar-refractivity contribution < 1.29 is 9.47 Å². The molecule has 0 saturated heterocycles. The predicted octanol–water partition coefficient (Wildman–Crippen LogP) is 4.06. The molecule has 2 aromatic carbocycles. The Morgan fingerprint density at radius 1 is 0.950 bits per heavy atom. The predicted molar refractivity (Wildman–Crippen MR) is 82.0 cm³/mol. The van der Waals surface area contributed by atoms with Crippen LogP contribution in [-0.4, -0.2) is 14.2 Å². The largest absolute Gasteiger partial charge is 0.497 e. The lowest BCUT2D eigenvalue weighted by Gasteiger charge is -2.17. The molecule has 0 radical (unpaired) electrons. The van der Waals surface area contributed by atoms with Gasteiger partial charge in [0.25, 0.3) is 0 Å². The average molecular weight is 312 g/mol. The van der Waals surface area contributed by atoms with Crippen molar-refractivity contribution >= 4 is 23.2 Å². The molecule has 0 amide bonds. The van der Waals surface area contributed by atoms with Crippen molar-refractivity contribution in [2.24, 2.45) is 5.73 Å². The topological polar surface area (TPSA) is 44.5 Å². The van der Waals surface area contributed by atoms with Gasteiger partial charge in [0.1, 0.15) is 11.5 Å². The number of hydrogen-bond acceptors (Lipinski definition) is 3. The molecule has 2 aromatic rings. The van der Waals surface area contributed by atoms with E-state index >= 15 is 0 Å². The van der Waals surface area contributed by atoms with Crippen molar-refractivity contribution in [3.63, 3.8) is 0 Å². The van der Waals surface area contributed by atoms with Crippen molar-refractivity contribution in [1.29, 1.82) is 0 Å². The smallest absolute Gasteiger partial charge is 0.122 e. The molecule has 0 aliphatic carbocycles. The summed E-state index contributed by atoms with van der Waals surface area (Å²) in [6.07, 6.45) is 0. The fourth-order valence-electron chi connectivity index (χ4n) is 1.98. The minimum atomic E-state index is -0.458. The van der Waals surface area contributed by atoms with Gasteiger partial charge in [-0.3, -0.25) is 0 Å². The van der Waals surface area contributed by atoms with Crippen molar-refractivity contribution in [1.82, 2.24) is 0 Å². The summed E-state index contributed by atoms with van der Waals surface area (Å²) in [5, 5.41) is 1.07. The lowest BCUT2D eigenvalue weighted by atomic mass is 9.99. The highest BCUT2D eigenvalue weighted by Gasteiger charge is 2.17. The summed E-state index contributed by atoms with van der Waals surface area (Å²) < 4.78 is 10.5. The van der Waals surface area contributed by atoms with E-state index in [0.29, 0.717) is 27.1 Å². The fourth-order valence-corrected chi connectivity index (χ4v) is 2.62. The minimum Gasteiger partial charge on any atom is -0.497 e. The minimum absolute atomic E-state index is 0.458. The summed E-state index contributed by atoms with van der Waals surface area (Å²) in [5.41, 5.74) is 7.79. The van der Waals surface area contributed by atoms with Crippen LogP contribution in [0.4, 0.5) is 0 Å². The van der Waals surface area contributed by atoms with Crippen LogP contribution in [0.25, 0.3) is 0 Å². The van der Waals surface area contributed by atoms with Gasteiger partial charge in [-0.2, -0.15) is 0 Å². The van der Waals surface area contributed by atoms with E-state index in [-0.39, 0.29) is 0 Å². The Kier molecular flexibility index (Phi) is 4.76. The molecule has 2 N–H and O–H groups in total. The Bertz CT molecular complexity index is 574. The zero-order valence-electron chi connectivity index (χ0n) is 11.2. The van der Waals surface area contributed by atoms with Gasteiger partial charge in [-0.05, 0) is 29.8 Å². The maximum Gasteiger partial charge on any atom is 0.122 e. The standard InChI is InChI=1S/C15H15Cl2NO2/c1-19-10-6-9(7-11(8-10)20-2)15(18)14-12(16)4-3-5-13(14)17/h3-8,15H,18H2,1-2H3. The molecule has 0 saturated carbocycles. The zero-order chi connectivity index (χ0) is 14.7. The van der Waals surface area contributed by atoms with Crippen LogP contribution in [0.3, 0.4) is 0 Å². The van der Waals surface area contributed by atoms with Crippen LogP contribution in [-0.2, 0) is 0 Å². The number of halogens is 2. The number of nitrogens with two attached hydrogens (primary N) is 1. The summed E-state index contributed by atoms with van der Waals surface area (Å²) >= 11 is 12.4. The van der Waals surface area contributed by atoms with Crippen molar-refractivity contribution in [3.05, 3.63) is 57.6 Å². The van der Waals surface area contributed by atoms with Crippen molar-refractivity contribution in [2.75, 3.05) is 14.2 Å². The SMILES string of the molecule is COc1cc(OC)cc(C(N)c2c(Cl)cccc2Cl)c1. The Labute approximate surface area is 128 Å². The van der Waals surface area contributed by atoms with Gasteiger partial charge in [0.05, 0.1) is 20.3 Å². The molecule has 0 aromatic heterocycles. The molecule has 0 fully saturated rings. The van der Waals surface area contributed by atoms with Gasteiger partial charge in [0.15, 0.2) is 0 Å². The number of methoxy groups -OCH3 is 2. The highest BCUT2D eigenvalue weighted by Crippen LogP contribution is 2.35. The molecule has 3 nitrogen and oxygen atoms in total. The van der Waals surface area contributed by atoms with Gasteiger partial charge in [0.2, 0.25) is 0 Å². The number of benzene rings is 2. The molecule has 0 heterocycles. The molecule has 20 heavy (non-hydrogen) atoms. The second-order valence-electron chi connectivity index (χ2n) is 4.26. The van der Waals surface area contributed by atoms with Crippen LogP contribution in [0, 0.1) is 0 Å². The maximum absolute atomic E-state index is 6.29. The molecule has 0 spiro atoms. The van der Waals surface area contributed by atoms with E-state index in [0.717, 1.165) is 5.56 Å². The number of hydrogen-bond donors (Lipinski definition) is 1. The van der Waals surface area contributed by atoms with Gasteiger partial charge in [-0.25, -0.2) is 0 Å². The Balaban J connectivity index is 2.50. The van der Waals surface area contributed by atoms with Crippen LogP contribution in [0.2, 0.25) is 10.0 Å². The first-order chi connectivity index (χ1) is 9.56. The summed E-state index contributed by atoms with van der Waals surface area (Å²) in [7, 11) is 3.18. The number of ether oxygens (including phenoxy) is 2. The van der Waals surface area contributed by atoms with E-state index in [9.17, 15) is 0 Å². The summed E-state index contributed by atoms with van der Waals surface area (Å²) in [6, 6.07) is 10.3. The van der Waals surface area contributed by atoms with E-state index in [1.807, 2.05) is 12.1 Å². The molecule has 0 aliphatic rings. The Hall–Kier alpha value is -1.42. The Morgan fingerprint density at radius 2 is 1.45 bits per heavy atom. The van der Waals surface area contributed by atoms with Gasteiger partial charge in [-0.15, -0.1) is 0 Å². The van der Waals surface area contributed by atoms with Gasteiger partial charge in [-0.1, -0.05) is 29.3 Å². The molecule has 0 bridgehead atoms. The first-order valence-corrected chi connectivity index (χ1v) is 6.75. The highest BCUT2D eigenvalue weighted by atomic mass is 35.5. The lowest BCUT2D eigenvalue weighted by molar-refractivity contribution is 0.393. The van der Waals surface area contributed by atoms with E-state index in [4.69, 9.17) is 38.4 Å². The Morgan fingerprint density at radius 3 is 1.90 bits per heavy atom. The molecule has 0 aliphatic heterocycles. The van der Waals surface area contributed by atoms with Crippen LogP contribution in [0.15, 0.2) is 36.4 Å². The molecule has 5 heteroatoms. The molecular formula is C15H15Cl2NO2. The van der Waals surface area contributed by atoms with Gasteiger partial charge in [0, 0.05) is 21.7 Å². The van der Waals surface area contributed by atoms with E-state index in [1.165, 1.54) is 0 Å². The second-order valence-corrected chi connectivity index (χ2v) is 5.07. The first kappa shape index (κ1) is 15.0. The molecule has 2 rings (SSSR count). The van der Waals surface area contributed by atoms with Crippen LogP contribution < -0.4 is 15.2 Å². The monoisotopic (exact) mass is 311 g/mol. The zero-order valence-corrected chi connectivity index (χ0v) is 12.7. The maximum atomic E-state index is 6.29. The van der Waals surface area contributed by atoms with Gasteiger partial charge < -0.3 is 15.2 Å². The molecule has 1 atom stereocenters. The first-order valence-electron chi connectivity index (χ1n) is 5.99. The fraction of sp³-hybridized carbons (Fsp3) is 0.200. The molecule has 106 valence electrons. The number of rotatable bonds is 4. The second kappa shape index (κ2) is 6.35. The molecule has 1 unspecified atom stereocenters. The average Bonchev–Trinajstić information content (AvgIpc) is 2.46. The molecular weight excluding hydrogens is 297 g/mol. The summed E-state index contributed by atoms with van der Waals surface area (Å²) in [5.74, 6) is 1.33. The lowest BCUT2D eigenvalue weighted by Crippen LogP contribution is -2.13. The van der Waals surface area contributed by atoms with E-state index < -0.39 is 6.04 Å². The normalized spacial score (nSPS) is 12.1. The summed E-state index contributed by atoms with van der Waals surface area (Å²) in [4.78, 5) is 0. The third kappa shape index (κ3) is 3.01. The van der Waals surface area contributed by atoms with Crippen LogP contribution in [0.1, 0.15) is 17.2 Å². The van der Waals surface area contributed by atoms with Crippen molar-refractivity contribution in [2.45, 2.75) is 6.04 Å². The van der Waals surface area contributed by atoms with Crippen molar-refractivity contribution in [3.8, 4) is 11.5 Å². The van der Waals surface area contributed by atoms with Gasteiger partial charge >= 0.3 is 0 Å².